The number of fused-ring (bicyclic) bond motifs is 1. The number of nitrogens with one attached hydrogen (secondary N) is 2. The van der Waals surface area contributed by atoms with Gasteiger partial charge >= 0.3 is 0 Å². The zero-order valence-corrected chi connectivity index (χ0v) is 14.8. The van der Waals surface area contributed by atoms with Crippen molar-refractivity contribution in [2.75, 3.05) is 29.9 Å². The maximum absolute atomic E-state index is 6.28. The number of hydrogen-bond donors (Lipinski definition) is 3. The number of pyridine rings is 1. The van der Waals surface area contributed by atoms with Gasteiger partial charge < -0.3 is 20.9 Å². The number of hydrogen-bond acceptors (Lipinski definition) is 4. The molecule has 0 amide bonds. The third kappa shape index (κ3) is 2.97. The molecule has 24 heavy (non-hydrogen) atoms. The molecule has 4 N–H and O–H groups in total. The molecule has 4 rings (SSSR count). The first-order valence-electron chi connectivity index (χ1n) is 9.38. The molecular formula is C19H29N5. The Bertz CT molecular complexity index is 716. The van der Waals surface area contributed by atoms with Crippen LogP contribution in [0.2, 0.25) is 0 Å². The van der Waals surface area contributed by atoms with Gasteiger partial charge in [0.15, 0.2) is 0 Å². The fourth-order valence-electron chi connectivity index (χ4n) is 3.79. The van der Waals surface area contributed by atoms with Crippen LogP contribution >= 0.6 is 0 Å². The molecule has 0 aromatic carbocycles. The number of aromatic nitrogens is 2. The van der Waals surface area contributed by atoms with Gasteiger partial charge in [-0.05, 0) is 43.1 Å². The van der Waals surface area contributed by atoms with E-state index in [-0.39, 0.29) is 6.04 Å². The van der Waals surface area contributed by atoms with Crippen molar-refractivity contribution in [1.82, 2.24) is 9.97 Å². The molecule has 0 spiro atoms. The van der Waals surface area contributed by atoms with Crippen LogP contribution in [0, 0.1) is 5.92 Å². The molecule has 5 nitrogen and oxygen atoms in total. The average Bonchev–Trinajstić information content (AvgIpc) is 3.32. The smallest absolute Gasteiger partial charge is 0.141 e. The Kier molecular flexibility index (Phi) is 4.12. The molecule has 5 heteroatoms. The van der Waals surface area contributed by atoms with E-state index in [2.05, 4.69) is 41.4 Å². The summed E-state index contributed by atoms with van der Waals surface area (Å²) in [5, 5.41) is 4.87. The molecule has 1 saturated carbocycles. The number of aromatic amines is 1. The van der Waals surface area contributed by atoms with Gasteiger partial charge in [-0.3, -0.25) is 0 Å². The standard InChI is InChI=1S/C19H29N5/c1-12(2)8-21-16-10-23-19-17(16)18(15(9-22-19)13-5-6-13)24-7-3-4-14(20)11-24/h9-10,12-14,21H,3-8,11,20H2,1-2H3,(H,22,23)/t14-/m1/s1. The molecule has 1 atom stereocenters. The first kappa shape index (κ1) is 15.8. The molecule has 1 saturated heterocycles. The summed E-state index contributed by atoms with van der Waals surface area (Å²) in [6.07, 6.45) is 9.06. The maximum atomic E-state index is 6.28. The summed E-state index contributed by atoms with van der Waals surface area (Å²) in [6, 6.07) is 0.278. The maximum Gasteiger partial charge on any atom is 0.141 e. The minimum atomic E-state index is 0.278. The highest BCUT2D eigenvalue weighted by atomic mass is 15.2. The molecule has 2 fully saturated rings. The molecule has 130 valence electrons. The summed E-state index contributed by atoms with van der Waals surface area (Å²) in [4.78, 5) is 10.6. The number of rotatable bonds is 5. The molecule has 0 bridgehead atoms. The molecule has 0 radical (unpaired) electrons. The zero-order valence-electron chi connectivity index (χ0n) is 14.8. The van der Waals surface area contributed by atoms with Crippen LogP contribution in [0.3, 0.4) is 0 Å². The normalized spacial score (nSPS) is 21.7. The SMILES string of the molecule is CC(C)CNc1c[nH]c2ncc(C3CC3)c(N3CCC[C@@H](N)C3)c12. The van der Waals surface area contributed by atoms with Crippen molar-refractivity contribution < 1.29 is 0 Å². The first-order chi connectivity index (χ1) is 11.6. The minimum Gasteiger partial charge on any atom is -0.383 e. The van der Waals surface area contributed by atoms with Crippen molar-refractivity contribution in [3.63, 3.8) is 0 Å². The fraction of sp³-hybridized carbons (Fsp3) is 0.632. The molecular weight excluding hydrogens is 298 g/mol. The Hall–Kier alpha value is -1.75. The predicted molar refractivity (Wildman–Crippen MR) is 101 cm³/mol. The van der Waals surface area contributed by atoms with Crippen LogP contribution in [0.5, 0.6) is 0 Å². The lowest BCUT2D eigenvalue weighted by Gasteiger charge is -2.34. The average molecular weight is 327 g/mol. The van der Waals surface area contributed by atoms with E-state index in [0.29, 0.717) is 11.8 Å². The Morgan fingerprint density at radius 2 is 2.21 bits per heavy atom. The Labute approximate surface area is 144 Å². The van der Waals surface area contributed by atoms with Crippen molar-refractivity contribution in [3.05, 3.63) is 18.0 Å². The summed E-state index contributed by atoms with van der Waals surface area (Å²) in [7, 11) is 0. The van der Waals surface area contributed by atoms with Crippen LogP contribution in [-0.4, -0.2) is 35.6 Å². The van der Waals surface area contributed by atoms with Gasteiger partial charge in [0.2, 0.25) is 0 Å². The third-order valence-electron chi connectivity index (χ3n) is 5.19. The van der Waals surface area contributed by atoms with Crippen molar-refractivity contribution in [3.8, 4) is 0 Å². The molecule has 0 unspecified atom stereocenters. The lowest BCUT2D eigenvalue weighted by atomic mass is 10.0. The van der Waals surface area contributed by atoms with Gasteiger partial charge in [0.1, 0.15) is 5.65 Å². The van der Waals surface area contributed by atoms with Crippen LogP contribution in [0.1, 0.15) is 51.0 Å². The van der Waals surface area contributed by atoms with E-state index in [1.54, 1.807) is 0 Å². The first-order valence-corrected chi connectivity index (χ1v) is 9.38. The van der Waals surface area contributed by atoms with Crippen LogP contribution in [0.25, 0.3) is 11.0 Å². The van der Waals surface area contributed by atoms with Crippen molar-refractivity contribution in [2.45, 2.75) is 51.5 Å². The summed E-state index contributed by atoms with van der Waals surface area (Å²) in [5.41, 5.74) is 11.2. The molecule has 2 aliphatic rings. The second kappa shape index (κ2) is 6.28. The fourth-order valence-corrected chi connectivity index (χ4v) is 3.79. The highest BCUT2D eigenvalue weighted by molar-refractivity contribution is 6.02. The van der Waals surface area contributed by atoms with Gasteiger partial charge in [-0.1, -0.05) is 13.8 Å². The predicted octanol–water partition coefficient (Wildman–Crippen LogP) is 3.44. The van der Waals surface area contributed by atoms with Crippen molar-refractivity contribution in [1.29, 1.82) is 0 Å². The van der Waals surface area contributed by atoms with E-state index in [0.717, 1.165) is 31.7 Å². The topological polar surface area (TPSA) is 70.0 Å². The largest absolute Gasteiger partial charge is 0.383 e. The van der Waals surface area contributed by atoms with Gasteiger partial charge in [0.05, 0.1) is 16.8 Å². The summed E-state index contributed by atoms with van der Waals surface area (Å²) < 4.78 is 0. The molecule has 2 aromatic heterocycles. The number of H-pyrrole nitrogens is 1. The number of piperidine rings is 1. The van der Waals surface area contributed by atoms with Crippen LogP contribution in [0.4, 0.5) is 11.4 Å². The molecule has 2 aromatic rings. The molecule has 3 heterocycles. The second-order valence-electron chi connectivity index (χ2n) is 7.89. The van der Waals surface area contributed by atoms with E-state index in [9.17, 15) is 0 Å². The monoisotopic (exact) mass is 327 g/mol. The Balaban J connectivity index is 1.80. The summed E-state index contributed by atoms with van der Waals surface area (Å²) in [6.45, 7) is 7.50. The zero-order chi connectivity index (χ0) is 16.7. The number of nitrogens with zero attached hydrogens (tertiary/aromatic N) is 2. The van der Waals surface area contributed by atoms with E-state index in [1.807, 2.05) is 0 Å². The Morgan fingerprint density at radius 3 is 2.92 bits per heavy atom. The van der Waals surface area contributed by atoms with E-state index in [1.165, 1.54) is 41.6 Å². The highest BCUT2D eigenvalue weighted by Crippen LogP contribution is 2.48. The number of nitrogens with two attached hydrogens (primary N) is 1. The summed E-state index contributed by atoms with van der Waals surface area (Å²) in [5.74, 6) is 1.30. The summed E-state index contributed by atoms with van der Waals surface area (Å²) >= 11 is 0. The van der Waals surface area contributed by atoms with Crippen LogP contribution in [0.15, 0.2) is 12.4 Å². The highest BCUT2D eigenvalue weighted by Gasteiger charge is 2.31. The van der Waals surface area contributed by atoms with E-state index < -0.39 is 0 Å². The van der Waals surface area contributed by atoms with Gasteiger partial charge in [0.25, 0.3) is 0 Å². The van der Waals surface area contributed by atoms with Gasteiger partial charge in [-0.2, -0.15) is 0 Å². The lowest BCUT2D eigenvalue weighted by molar-refractivity contribution is 0.506. The van der Waals surface area contributed by atoms with Crippen LogP contribution in [-0.2, 0) is 0 Å². The van der Waals surface area contributed by atoms with Crippen molar-refractivity contribution in [2.24, 2.45) is 11.7 Å². The van der Waals surface area contributed by atoms with E-state index >= 15 is 0 Å². The Morgan fingerprint density at radius 1 is 1.38 bits per heavy atom. The van der Waals surface area contributed by atoms with Crippen molar-refractivity contribution >= 4 is 22.4 Å². The number of anilines is 2. The van der Waals surface area contributed by atoms with Gasteiger partial charge in [-0.25, -0.2) is 4.98 Å². The van der Waals surface area contributed by atoms with Gasteiger partial charge in [-0.15, -0.1) is 0 Å². The minimum absolute atomic E-state index is 0.278. The third-order valence-corrected chi connectivity index (χ3v) is 5.19. The van der Waals surface area contributed by atoms with Crippen LogP contribution < -0.4 is 16.0 Å². The lowest BCUT2D eigenvalue weighted by Crippen LogP contribution is -2.43. The second-order valence-corrected chi connectivity index (χ2v) is 7.89. The quantitative estimate of drug-likeness (QED) is 0.787. The van der Waals surface area contributed by atoms with Gasteiger partial charge in [0, 0.05) is 38.1 Å². The molecule has 1 aliphatic heterocycles. The molecule has 1 aliphatic carbocycles. The van der Waals surface area contributed by atoms with E-state index in [4.69, 9.17) is 10.7 Å².